The van der Waals surface area contributed by atoms with Crippen LogP contribution in [0.2, 0.25) is 0 Å². The smallest absolute Gasteiger partial charge is 0.423 e. The van der Waals surface area contributed by atoms with Gasteiger partial charge in [-0.25, -0.2) is 9.36 Å². The summed E-state index contributed by atoms with van der Waals surface area (Å²) in [5.74, 6) is -0.884. The molecule has 0 aliphatic rings. The third-order valence-corrected chi connectivity index (χ3v) is 4.11. The molecule has 2 aromatic rings. The second-order valence-electron chi connectivity index (χ2n) is 5.71. The molecule has 0 aliphatic carbocycles. The molecule has 9 nitrogen and oxygen atoms in total. The van der Waals surface area contributed by atoms with Crippen molar-refractivity contribution in [3.63, 3.8) is 0 Å². The molecular weight excluding hydrogens is 375 g/mol. The van der Waals surface area contributed by atoms with Gasteiger partial charge in [-0.2, -0.15) is 0 Å². The van der Waals surface area contributed by atoms with E-state index in [0.717, 1.165) is 5.56 Å². The number of benzene rings is 1. The van der Waals surface area contributed by atoms with Crippen molar-refractivity contribution in [1.29, 1.82) is 0 Å². The number of carbonyl (C=O) groups excluding carboxylic acids is 2. The Bertz CT molecular complexity index is 867. The summed E-state index contributed by atoms with van der Waals surface area (Å²) < 4.78 is 20.5. The topological polar surface area (TPSA) is 149 Å². The molecule has 10 heteroatoms. The maximum atomic E-state index is 12.3. The van der Waals surface area contributed by atoms with Gasteiger partial charge < -0.3 is 20.3 Å². The van der Waals surface area contributed by atoms with Gasteiger partial charge in [0, 0.05) is 11.8 Å². The molecule has 0 saturated carbocycles. The van der Waals surface area contributed by atoms with Crippen molar-refractivity contribution in [3.8, 4) is 5.75 Å². The van der Waals surface area contributed by atoms with Crippen LogP contribution in [0.25, 0.3) is 0 Å². The second-order valence-corrected chi connectivity index (χ2v) is 6.95. The maximum Gasteiger partial charge on any atom is 0.469 e. The Morgan fingerprint density at radius 3 is 2.59 bits per heavy atom. The molecule has 4 N–H and O–H groups in total. The van der Waals surface area contributed by atoms with Crippen LogP contribution in [0, 0.1) is 6.92 Å². The van der Waals surface area contributed by atoms with Crippen molar-refractivity contribution in [2.45, 2.75) is 26.0 Å². The summed E-state index contributed by atoms with van der Waals surface area (Å²) in [5.41, 5.74) is 6.95. The van der Waals surface area contributed by atoms with Gasteiger partial charge in [-0.3, -0.25) is 14.3 Å². The highest BCUT2D eigenvalue weighted by molar-refractivity contribution is 7.46. The number of nitrogens with zero attached hydrogens (tertiary/aromatic N) is 1. The highest BCUT2D eigenvalue weighted by atomic mass is 31.2. The van der Waals surface area contributed by atoms with Crippen molar-refractivity contribution in [2.75, 3.05) is 0 Å². The van der Waals surface area contributed by atoms with Crippen LogP contribution in [0.4, 0.5) is 0 Å². The Balaban J connectivity index is 2.20. The van der Waals surface area contributed by atoms with E-state index in [-0.39, 0.29) is 29.0 Å². The third-order valence-electron chi connectivity index (χ3n) is 3.64. The fourth-order valence-corrected chi connectivity index (χ4v) is 2.61. The maximum absolute atomic E-state index is 12.3. The van der Waals surface area contributed by atoms with E-state index in [1.54, 1.807) is 0 Å². The third kappa shape index (κ3) is 6.06. The van der Waals surface area contributed by atoms with Crippen LogP contribution in [0.1, 0.15) is 27.2 Å². The van der Waals surface area contributed by atoms with Gasteiger partial charge in [-0.15, -0.1) is 0 Å². The Morgan fingerprint density at radius 2 is 2.00 bits per heavy atom. The summed E-state index contributed by atoms with van der Waals surface area (Å²) in [6, 6.07) is 8.13. The highest BCUT2D eigenvalue weighted by Gasteiger charge is 2.23. The first-order valence-corrected chi connectivity index (χ1v) is 9.39. The number of hydrogen-bond donors (Lipinski definition) is 3. The zero-order valence-electron chi connectivity index (χ0n) is 14.4. The molecule has 1 aromatic carbocycles. The number of esters is 1. The van der Waals surface area contributed by atoms with E-state index >= 15 is 0 Å². The molecule has 144 valence electrons. The first-order chi connectivity index (χ1) is 12.7. The largest absolute Gasteiger partial charge is 0.469 e. The fourth-order valence-electron chi connectivity index (χ4n) is 2.30. The molecule has 1 atom stereocenters. The van der Waals surface area contributed by atoms with E-state index in [9.17, 15) is 14.2 Å². The van der Waals surface area contributed by atoms with E-state index in [4.69, 9.17) is 20.3 Å². The molecule has 1 aromatic heterocycles. The first kappa shape index (κ1) is 20.9. The molecule has 0 bridgehead atoms. The molecule has 0 fully saturated rings. The predicted octanol–water partition coefficient (Wildman–Crippen LogP) is 1.29. The molecule has 0 amide bonds. The Kier molecular flexibility index (Phi) is 6.95. The molecule has 0 radical (unpaired) electrons. The molecule has 0 saturated heterocycles. The van der Waals surface area contributed by atoms with Crippen molar-refractivity contribution in [2.24, 2.45) is 5.73 Å². The number of aryl methyl sites for hydroxylation is 1. The van der Waals surface area contributed by atoms with E-state index in [2.05, 4.69) is 9.51 Å². The lowest BCUT2D eigenvalue weighted by atomic mass is 10.1. The SMILES string of the molecule is Cc1ncc(COP(=O)(O)O)c(C=O)c1OC(=O)[C@@H](N)Cc1ccccc1. The number of hydrogen-bond acceptors (Lipinski definition) is 7. The van der Waals surface area contributed by atoms with Crippen molar-refractivity contribution in [3.05, 3.63) is 58.9 Å². The molecule has 2 rings (SSSR count). The summed E-state index contributed by atoms with van der Waals surface area (Å²) in [6.45, 7) is 0.943. The lowest BCUT2D eigenvalue weighted by Gasteiger charge is -2.16. The Labute approximate surface area is 155 Å². The van der Waals surface area contributed by atoms with Crippen LogP contribution in [0.5, 0.6) is 5.75 Å². The normalized spacial score (nSPS) is 12.4. The average Bonchev–Trinajstić information content (AvgIpc) is 2.62. The number of aldehydes is 1. The Morgan fingerprint density at radius 1 is 1.33 bits per heavy atom. The van der Waals surface area contributed by atoms with E-state index in [0.29, 0.717) is 6.29 Å². The number of phosphoric ester groups is 1. The van der Waals surface area contributed by atoms with E-state index in [1.807, 2.05) is 30.3 Å². The number of ether oxygens (including phenoxy) is 1. The van der Waals surface area contributed by atoms with Crippen LogP contribution in [-0.2, 0) is 26.9 Å². The lowest BCUT2D eigenvalue weighted by Crippen LogP contribution is -2.36. The van der Waals surface area contributed by atoms with Crippen LogP contribution in [-0.4, -0.2) is 33.1 Å². The minimum Gasteiger partial charge on any atom is -0.423 e. The lowest BCUT2D eigenvalue weighted by molar-refractivity contribution is -0.135. The quantitative estimate of drug-likeness (QED) is 0.342. The van der Waals surface area contributed by atoms with Crippen LogP contribution in [0.15, 0.2) is 36.5 Å². The standard InChI is InChI=1S/C17H19N2O7P/c1-11-16(14(9-20)13(8-19-11)10-25-27(22,23)24)26-17(21)15(18)7-12-5-3-2-4-6-12/h2-6,8-9,15H,7,10,18H2,1H3,(H2,22,23,24)/t15-/m0/s1. The monoisotopic (exact) mass is 394 g/mol. The molecular formula is C17H19N2O7P. The average molecular weight is 394 g/mol. The van der Waals surface area contributed by atoms with Gasteiger partial charge in [-0.1, -0.05) is 30.3 Å². The zero-order valence-corrected chi connectivity index (χ0v) is 15.3. The minimum atomic E-state index is -4.74. The molecule has 0 spiro atoms. The number of pyridine rings is 1. The first-order valence-electron chi connectivity index (χ1n) is 7.86. The van der Waals surface area contributed by atoms with Gasteiger partial charge in [0.05, 0.1) is 17.9 Å². The second kappa shape index (κ2) is 8.98. The summed E-state index contributed by atoms with van der Waals surface area (Å²) in [7, 11) is -4.74. The fraction of sp³-hybridized carbons (Fsp3) is 0.235. The number of carbonyl (C=O) groups is 2. The van der Waals surface area contributed by atoms with Crippen LogP contribution < -0.4 is 10.5 Å². The van der Waals surface area contributed by atoms with Crippen molar-refractivity contribution < 1.29 is 33.2 Å². The molecule has 0 aliphatic heterocycles. The minimum absolute atomic E-state index is 0.0679. The summed E-state index contributed by atoms with van der Waals surface area (Å²) >= 11 is 0. The Hall–Kier alpha value is -2.42. The van der Waals surface area contributed by atoms with Gasteiger partial charge in [0.2, 0.25) is 0 Å². The van der Waals surface area contributed by atoms with Crippen LogP contribution in [0.3, 0.4) is 0 Å². The zero-order chi connectivity index (χ0) is 20.0. The predicted molar refractivity (Wildman–Crippen MR) is 95.0 cm³/mol. The summed E-state index contributed by atoms with van der Waals surface area (Å²) in [6.07, 6.45) is 1.86. The summed E-state index contributed by atoms with van der Waals surface area (Å²) in [4.78, 5) is 45.4. The van der Waals surface area contributed by atoms with Crippen molar-refractivity contribution >= 4 is 20.1 Å². The van der Waals surface area contributed by atoms with Gasteiger partial charge in [0.15, 0.2) is 12.0 Å². The highest BCUT2D eigenvalue weighted by Crippen LogP contribution is 2.38. The number of aromatic nitrogens is 1. The van der Waals surface area contributed by atoms with Gasteiger partial charge in [-0.05, 0) is 18.9 Å². The van der Waals surface area contributed by atoms with Gasteiger partial charge >= 0.3 is 13.8 Å². The van der Waals surface area contributed by atoms with Crippen LogP contribution >= 0.6 is 7.82 Å². The van der Waals surface area contributed by atoms with E-state index in [1.165, 1.54) is 13.1 Å². The van der Waals surface area contributed by atoms with Gasteiger partial charge in [0.25, 0.3) is 0 Å². The number of nitrogens with two attached hydrogens (primary N) is 1. The van der Waals surface area contributed by atoms with Gasteiger partial charge in [0.1, 0.15) is 6.04 Å². The molecule has 27 heavy (non-hydrogen) atoms. The number of phosphoric acid groups is 1. The van der Waals surface area contributed by atoms with Crippen molar-refractivity contribution in [1.82, 2.24) is 4.98 Å². The molecule has 1 heterocycles. The number of rotatable bonds is 8. The van der Waals surface area contributed by atoms with E-state index < -0.39 is 26.4 Å². The molecule has 0 unspecified atom stereocenters. The summed E-state index contributed by atoms with van der Waals surface area (Å²) in [5, 5.41) is 0.